The third-order valence-corrected chi connectivity index (χ3v) is 5.41. The number of carboxylic acids is 1. The van der Waals surface area contributed by atoms with Crippen LogP contribution in [0, 0.1) is 17.1 Å². The molecule has 0 aliphatic rings. The number of carbonyl (C=O) groups excluding carboxylic acids is 1. The summed E-state index contributed by atoms with van der Waals surface area (Å²) in [6, 6.07) is 13.4. The van der Waals surface area contributed by atoms with Gasteiger partial charge in [0.25, 0.3) is 5.91 Å². The van der Waals surface area contributed by atoms with Crippen molar-refractivity contribution in [1.82, 2.24) is 9.13 Å². The van der Waals surface area contributed by atoms with Gasteiger partial charge in [0.15, 0.2) is 0 Å². The molecule has 4 aromatic rings. The lowest BCUT2D eigenvalue weighted by Gasteiger charge is -2.07. The molecule has 0 atom stereocenters. The Balaban J connectivity index is 2.07. The highest BCUT2D eigenvalue weighted by atomic mass is 35.5. The predicted octanol–water partition coefficient (Wildman–Crippen LogP) is 4.50. The van der Waals surface area contributed by atoms with Gasteiger partial charge in [-0.1, -0.05) is 29.3 Å². The molecule has 0 unspecified atom stereocenters. The summed E-state index contributed by atoms with van der Waals surface area (Å²) in [6.45, 7) is 0. The topological polar surface area (TPSA) is 105 Å². The summed E-state index contributed by atoms with van der Waals surface area (Å²) in [7, 11) is 0. The normalized spacial score (nSPS) is 10.8. The van der Waals surface area contributed by atoms with E-state index < -0.39 is 23.4 Å². The summed E-state index contributed by atoms with van der Waals surface area (Å²) in [6.07, 6.45) is 0. The van der Waals surface area contributed by atoms with Crippen molar-refractivity contribution in [2.75, 3.05) is 0 Å². The highest BCUT2D eigenvalue weighted by molar-refractivity contribution is 6.40. The van der Waals surface area contributed by atoms with E-state index in [-0.39, 0.29) is 43.5 Å². The highest BCUT2D eigenvalue weighted by Crippen LogP contribution is 2.28. The van der Waals surface area contributed by atoms with Gasteiger partial charge >= 0.3 is 11.7 Å². The molecular weight excluding hydrogens is 460 g/mol. The lowest BCUT2D eigenvalue weighted by Crippen LogP contribution is -2.29. The maximum atomic E-state index is 14.8. The van der Waals surface area contributed by atoms with Gasteiger partial charge in [-0.15, -0.1) is 0 Å². The molecule has 0 bridgehead atoms. The molecule has 3 aromatic carbocycles. The molecule has 0 saturated heterocycles. The zero-order valence-corrected chi connectivity index (χ0v) is 17.4. The lowest BCUT2D eigenvalue weighted by molar-refractivity contribution is 0.0696. The van der Waals surface area contributed by atoms with Crippen molar-refractivity contribution in [3.8, 4) is 11.8 Å². The van der Waals surface area contributed by atoms with Crippen molar-refractivity contribution in [2.45, 2.75) is 0 Å². The van der Waals surface area contributed by atoms with E-state index in [9.17, 15) is 24.0 Å². The van der Waals surface area contributed by atoms with Gasteiger partial charge in [-0.3, -0.25) is 9.36 Å². The molecule has 1 N–H and O–H groups in total. The Morgan fingerprint density at radius 2 is 1.69 bits per heavy atom. The molecule has 4 rings (SSSR count). The van der Waals surface area contributed by atoms with E-state index in [1.807, 2.05) is 6.07 Å². The van der Waals surface area contributed by atoms with E-state index in [0.717, 1.165) is 27.3 Å². The van der Waals surface area contributed by atoms with E-state index in [4.69, 9.17) is 28.3 Å². The molecule has 0 saturated carbocycles. The van der Waals surface area contributed by atoms with E-state index >= 15 is 0 Å². The number of aromatic nitrogens is 2. The standard InChI is InChI=1S/C22H10Cl2FN3O4/c23-13-2-1-3-14(24)19(13)20(29)28-18-8-11(10-26)4-6-17(18)27(22(28)32)16-7-5-12(21(30)31)9-15(16)25/h1-9H,(H,30,31). The van der Waals surface area contributed by atoms with Crippen molar-refractivity contribution >= 4 is 46.1 Å². The number of imidazole rings is 1. The fourth-order valence-corrected chi connectivity index (χ4v) is 3.89. The zero-order valence-electron chi connectivity index (χ0n) is 15.8. The smallest absolute Gasteiger partial charge is 0.340 e. The number of aromatic carboxylic acids is 1. The molecule has 0 fully saturated rings. The number of halogens is 3. The number of rotatable bonds is 3. The van der Waals surface area contributed by atoms with Crippen LogP contribution in [0.25, 0.3) is 16.7 Å². The minimum atomic E-state index is -1.34. The molecule has 0 aliphatic carbocycles. The molecule has 0 aliphatic heterocycles. The lowest BCUT2D eigenvalue weighted by atomic mass is 10.1. The summed E-state index contributed by atoms with van der Waals surface area (Å²) in [5.74, 6) is -3.20. The van der Waals surface area contributed by atoms with Gasteiger partial charge in [-0.05, 0) is 48.5 Å². The van der Waals surface area contributed by atoms with Crippen LogP contribution >= 0.6 is 23.2 Å². The van der Waals surface area contributed by atoms with Crippen molar-refractivity contribution in [1.29, 1.82) is 5.26 Å². The number of carboxylic acid groups (broad SMARTS) is 1. The molecule has 7 nitrogen and oxygen atoms in total. The molecular formula is C22H10Cl2FN3O4. The summed E-state index contributed by atoms with van der Waals surface area (Å²) in [5, 5.41) is 18.3. The Hall–Kier alpha value is -3.93. The largest absolute Gasteiger partial charge is 0.478 e. The van der Waals surface area contributed by atoms with Crippen LogP contribution in [0.4, 0.5) is 4.39 Å². The van der Waals surface area contributed by atoms with Gasteiger partial charge in [0, 0.05) is 0 Å². The Kier molecular flexibility index (Phi) is 5.30. The van der Waals surface area contributed by atoms with Crippen LogP contribution in [0.1, 0.15) is 26.3 Å². The SMILES string of the molecule is N#Cc1ccc2c(c1)n(C(=O)c1c(Cl)cccc1Cl)c(=O)n2-c1ccc(C(=O)O)cc1F. The molecule has 1 aromatic heterocycles. The average molecular weight is 470 g/mol. The van der Waals surface area contributed by atoms with Gasteiger partial charge < -0.3 is 5.11 Å². The minimum absolute atomic E-state index is 0.00345. The van der Waals surface area contributed by atoms with Crippen LogP contribution in [0.3, 0.4) is 0 Å². The first-order chi connectivity index (χ1) is 15.2. The van der Waals surface area contributed by atoms with E-state index in [0.29, 0.717) is 0 Å². The van der Waals surface area contributed by atoms with Crippen molar-refractivity contribution < 1.29 is 19.1 Å². The monoisotopic (exact) mass is 469 g/mol. The Morgan fingerprint density at radius 1 is 1.00 bits per heavy atom. The molecule has 0 spiro atoms. The van der Waals surface area contributed by atoms with Crippen LogP contribution in [0.2, 0.25) is 10.0 Å². The van der Waals surface area contributed by atoms with Crippen LogP contribution < -0.4 is 5.69 Å². The number of nitrogens with zero attached hydrogens (tertiary/aromatic N) is 3. The van der Waals surface area contributed by atoms with Crippen molar-refractivity contribution in [3.63, 3.8) is 0 Å². The number of carbonyl (C=O) groups is 2. The summed E-state index contributed by atoms with van der Waals surface area (Å²) < 4.78 is 16.5. The number of hydrogen-bond acceptors (Lipinski definition) is 4. The highest BCUT2D eigenvalue weighted by Gasteiger charge is 2.25. The van der Waals surface area contributed by atoms with E-state index in [2.05, 4.69) is 0 Å². The fourth-order valence-electron chi connectivity index (χ4n) is 3.33. The van der Waals surface area contributed by atoms with Gasteiger partial charge in [-0.2, -0.15) is 5.26 Å². The number of hydrogen-bond donors (Lipinski definition) is 1. The first kappa shape index (κ1) is 21.3. The summed E-state index contributed by atoms with van der Waals surface area (Å²) in [4.78, 5) is 37.8. The Morgan fingerprint density at radius 3 is 2.28 bits per heavy atom. The van der Waals surface area contributed by atoms with Gasteiger partial charge in [0.05, 0.1) is 49.5 Å². The van der Waals surface area contributed by atoms with Crippen molar-refractivity contribution in [3.05, 3.63) is 97.6 Å². The third-order valence-electron chi connectivity index (χ3n) is 4.78. The molecule has 0 radical (unpaired) electrons. The van der Waals surface area contributed by atoms with Gasteiger partial charge in [-0.25, -0.2) is 18.5 Å². The van der Waals surface area contributed by atoms with E-state index in [1.165, 1.54) is 36.4 Å². The number of fused-ring (bicyclic) bond motifs is 1. The summed E-state index contributed by atoms with van der Waals surface area (Å²) >= 11 is 12.3. The second-order valence-corrected chi connectivity index (χ2v) is 7.46. The first-order valence-corrected chi connectivity index (χ1v) is 9.69. The van der Waals surface area contributed by atoms with Gasteiger partial charge in [0.2, 0.25) is 0 Å². The molecule has 158 valence electrons. The molecule has 10 heteroatoms. The quantitative estimate of drug-likeness (QED) is 0.475. The fraction of sp³-hybridized carbons (Fsp3) is 0. The van der Waals surface area contributed by atoms with Crippen LogP contribution in [-0.2, 0) is 0 Å². The van der Waals surface area contributed by atoms with Crippen LogP contribution in [0.15, 0.2) is 59.4 Å². The second kappa shape index (κ2) is 7.96. The maximum Gasteiger partial charge on any atom is 0.340 e. The molecule has 0 amide bonds. The third kappa shape index (κ3) is 3.34. The maximum absolute atomic E-state index is 14.8. The van der Waals surface area contributed by atoms with Crippen molar-refractivity contribution in [2.24, 2.45) is 0 Å². The van der Waals surface area contributed by atoms with E-state index in [1.54, 1.807) is 0 Å². The first-order valence-electron chi connectivity index (χ1n) is 8.94. The summed E-state index contributed by atoms with van der Waals surface area (Å²) in [5.41, 5.74) is -1.37. The Bertz CT molecular complexity index is 1530. The zero-order chi connectivity index (χ0) is 23.2. The number of benzene rings is 3. The van der Waals surface area contributed by atoms with Crippen LogP contribution in [-0.4, -0.2) is 26.1 Å². The minimum Gasteiger partial charge on any atom is -0.478 e. The van der Waals surface area contributed by atoms with Gasteiger partial charge in [0.1, 0.15) is 5.82 Å². The molecule has 32 heavy (non-hydrogen) atoms. The Labute approximate surface area is 189 Å². The predicted molar refractivity (Wildman–Crippen MR) is 115 cm³/mol. The number of nitriles is 1. The average Bonchev–Trinajstić information content (AvgIpc) is 3.04. The second-order valence-electron chi connectivity index (χ2n) is 6.64. The molecule has 1 heterocycles. The van der Waals surface area contributed by atoms with Crippen LogP contribution in [0.5, 0.6) is 0 Å².